The Morgan fingerprint density at radius 3 is 2.09 bits per heavy atom. The van der Waals surface area contributed by atoms with Crippen LogP contribution in [0.1, 0.15) is 24.2 Å². The Morgan fingerprint density at radius 2 is 1.64 bits per heavy atom. The maximum atomic E-state index is 12.4. The predicted octanol–water partition coefficient (Wildman–Crippen LogP) is 2.64. The molecule has 1 N–H and O–H groups in total. The van der Waals surface area contributed by atoms with E-state index in [-0.39, 0.29) is 17.5 Å². The van der Waals surface area contributed by atoms with Crippen molar-refractivity contribution in [1.82, 2.24) is 0 Å². The molecular weight excluding hydrogens is 286 g/mol. The summed E-state index contributed by atoms with van der Waals surface area (Å²) in [5, 5.41) is 2.60. The summed E-state index contributed by atoms with van der Waals surface area (Å²) in [6, 6.07) is 3.08. The zero-order valence-electron chi connectivity index (χ0n) is 13.5. The highest BCUT2D eigenvalue weighted by Crippen LogP contribution is 2.34. The maximum Gasteiger partial charge on any atom is 0.290 e. The van der Waals surface area contributed by atoms with Crippen molar-refractivity contribution in [3.8, 4) is 11.5 Å². The van der Waals surface area contributed by atoms with Crippen molar-refractivity contribution >= 4 is 17.4 Å². The third-order valence-electron chi connectivity index (χ3n) is 3.06. The van der Waals surface area contributed by atoms with Crippen LogP contribution in [0, 0.1) is 5.92 Å². The van der Waals surface area contributed by atoms with Crippen LogP contribution in [0.4, 0.5) is 5.69 Å². The molecule has 0 heterocycles. The number of nitrogens with one attached hydrogen (secondary N) is 1. The number of ether oxygens (including phenoxy) is 3. The van der Waals surface area contributed by atoms with E-state index in [1.54, 1.807) is 19.9 Å². The molecule has 0 radical (unpaired) electrons. The first-order valence-corrected chi connectivity index (χ1v) is 6.70. The van der Waals surface area contributed by atoms with E-state index in [2.05, 4.69) is 11.9 Å². The minimum atomic E-state index is -0.535. The van der Waals surface area contributed by atoms with Crippen LogP contribution in [0.15, 0.2) is 24.5 Å². The molecular formula is C16H21NO5. The standard InChI is InChI=1S/C16H21NO5/c1-9(2)15(18)11-7-13(21-5)14(22-6)8-12(11)17-16(19)10(3)20-4/h7-9H,3H2,1-2,4-6H3,(H,17,19). The van der Waals surface area contributed by atoms with E-state index in [0.717, 1.165) is 0 Å². The van der Waals surface area contributed by atoms with Gasteiger partial charge in [0.25, 0.3) is 5.91 Å². The molecule has 0 bridgehead atoms. The largest absolute Gasteiger partial charge is 0.493 e. The van der Waals surface area contributed by atoms with Crippen molar-refractivity contribution in [2.24, 2.45) is 5.92 Å². The number of methoxy groups -OCH3 is 3. The summed E-state index contributed by atoms with van der Waals surface area (Å²) in [4.78, 5) is 24.3. The lowest BCUT2D eigenvalue weighted by atomic mass is 9.98. The number of Topliss-reactive ketones (excluding diaryl/α,β-unsaturated/α-hetero) is 1. The fraction of sp³-hybridized carbons (Fsp3) is 0.375. The SMILES string of the molecule is C=C(OC)C(=O)Nc1cc(OC)c(OC)cc1C(=O)C(C)C. The lowest BCUT2D eigenvalue weighted by Gasteiger charge is -2.16. The maximum absolute atomic E-state index is 12.4. The zero-order valence-corrected chi connectivity index (χ0v) is 13.5. The highest BCUT2D eigenvalue weighted by molar-refractivity contribution is 6.09. The van der Waals surface area contributed by atoms with Crippen LogP contribution < -0.4 is 14.8 Å². The van der Waals surface area contributed by atoms with E-state index in [1.807, 2.05) is 0 Å². The summed E-state index contributed by atoms with van der Waals surface area (Å²) in [5.41, 5.74) is 0.657. The van der Waals surface area contributed by atoms with Gasteiger partial charge >= 0.3 is 0 Å². The van der Waals surface area contributed by atoms with Crippen molar-refractivity contribution in [2.45, 2.75) is 13.8 Å². The first kappa shape index (κ1) is 17.6. The third-order valence-corrected chi connectivity index (χ3v) is 3.06. The second-order valence-electron chi connectivity index (χ2n) is 4.85. The van der Waals surface area contributed by atoms with Gasteiger partial charge in [0, 0.05) is 17.5 Å². The molecule has 0 aliphatic carbocycles. The molecule has 0 saturated heterocycles. The normalized spacial score (nSPS) is 10.1. The van der Waals surface area contributed by atoms with E-state index < -0.39 is 5.91 Å². The molecule has 1 rings (SSSR count). The number of hydrogen-bond acceptors (Lipinski definition) is 5. The summed E-state index contributed by atoms with van der Waals surface area (Å²) in [6.45, 7) is 7.03. The van der Waals surface area contributed by atoms with Gasteiger partial charge in [-0.05, 0) is 6.07 Å². The van der Waals surface area contributed by atoms with Crippen molar-refractivity contribution in [3.05, 3.63) is 30.0 Å². The molecule has 0 spiro atoms. The summed E-state index contributed by atoms with van der Waals surface area (Å²) in [5.74, 6) is -0.139. The third kappa shape index (κ3) is 3.78. The van der Waals surface area contributed by atoms with E-state index in [0.29, 0.717) is 22.7 Å². The molecule has 0 atom stereocenters. The lowest BCUT2D eigenvalue weighted by Crippen LogP contribution is -2.18. The van der Waals surface area contributed by atoms with Crippen molar-refractivity contribution < 1.29 is 23.8 Å². The number of ketones is 1. The minimum absolute atomic E-state index is 0.0577. The van der Waals surface area contributed by atoms with Crippen LogP contribution in [0.3, 0.4) is 0 Å². The number of benzene rings is 1. The number of carbonyl (C=O) groups is 2. The second-order valence-corrected chi connectivity index (χ2v) is 4.85. The van der Waals surface area contributed by atoms with E-state index >= 15 is 0 Å². The molecule has 0 aliphatic rings. The smallest absolute Gasteiger partial charge is 0.290 e. The van der Waals surface area contributed by atoms with Gasteiger partial charge < -0.3 is 19.5 Å². The van der Waals surface area contributed by atoms with Gasteiger partial charge in [-0.25, -0.2) is 0 Å². The van der Waals surface area contributed by atoms with Crippen LogP contribution in [0.2, 0.25) is 0 Å². The lowest BCUT2D eigenvalue weighted by molar-refractivity contribution is -0.115. The second kappa shape index (κ2) is 7.49. The zero-order chi connectivity index (χ0) is 16.9. The molecule has 0 aliphatic heterocycles. The Balaban J connectivity index is 3.35. The molecule has 6 heteroatoms. The van der Waals surface area contributed by atoms with Gasteiger partial charge in [-0.2, -0.15) is 0 Å². The van der Waals surface area contributed by atoms with Crippen LogP contribution in [0.25, 0.3) is 0 Å². The Morgan fingerprint density at radius 1 is 1.09 bits per heavy atom. The summed E-state index contributed by atoms with van der Waals surface area (Å²) in [6.07, 6.45) is 0. The molecule has 1 aromatic rings. The van der Waals surface area contributed by atoms with Crippen LogP contribution in [-0.2, 0) is 9.53 Å². The van der Waals surface area contributed by atoms with Crippen LogP contribution >= 0.6 is 0 Å². The van der Waals surface area contributed by atoms with E-state index in [9.17, 15) is 9.59 Å². The monoisotopic (exact) mass is 307 g/mol. The number of hydrogen-bond donors (Lipinski definition) is 1. The van der Waals surface area contributed by atoms with Crippen LogP contribution in [-0.4, -0.2) is 33.0 Å². The molecule has 1 amide bonds. The highest BCUT2D eigenvalue weighted by atomic mass is 16.5. The fourth-order valence-corrected chi connectivity index (χ4v) is 1.78. The Hall–Kier alpha value is -2.50. The van der Waals surface area contributed by atoms with Gasteiger partial charge in [0.05, 0.1) is 27.0 Å². The predicted molar refractivity (Wildman–Crippen MR) is 83.5 cm³/mol. The number of amides is 1. The molecule has 120 valence electrons. The quantitative estimate of drug-likeness (QED) is 0.476. The Kier molecular flexibility index (Phi) is 5.98. The first-order chi connectivity index (χ1) is 10.3. The number of rotatable bonds is 7. The highest BCUT2D eigenvalue weighted by Gasteiger charge is 2.21. The van der Waals surface area contributed by atoms with E-state index in [1.165, 1.54) is 27.4 Å². The Labute approximate surface area is 130 Å². The van der Waals surface area contributed by atoms with Gasteiger partial charge in [0.2, 0.25) is 0 Å². The molecule has 0 saturated carbocycles. The van der Waals surface area contributed by atoms with Crippen LogP contribution in [0.5, 0.6) is 11.5 Å². The summed E-state index contributed by atoms with van der Waals surface area (Å²) < 4.78 is 15.2. The van der Waals surface area contributed by atoms with Gasteiger partial charge in [-0.15, -0.1) is 0 Å². The average Bonchev–Trinajstić information content (AvgIpc) is 2.52. The summed E-state index contributed by atoms with van der Waals surface area (Å²) >= 11 is 0. The molecule has 6 nitrogen and oxygen atoms in total. The van der Waals surface area contributed by atoms with Gasteiger partial charge in [-0.3, -0.25) is 9.59 Å². The fourth-order valence-electron chi connectivity index (χ4n) is 1.78. The topological polar surface area (TPSA) is 73.9 Å². The van der Waals surface area contributed by atoms with Gasteiger partial charge in [0.15, 0.2) is 23.0 Å². The molecule has 0 fully saturated rings. The van der Waals surface area contributed by atoms with Gasteiger partial charge in [-0.1, -0.05) is 20.4 Å². The Bertz CT molecular complexity index is 592. The molecule has 22 heavy (non-hydrogen) atoms. The first-order valence-electron chi connectivity index (χ1n) is 6.70. The van der Waals surface area contributed by atoms with E-state index in [4.69, 9.17) is 14.2 Å². The van der Waals surface area contributed by atoms with Gasteiger partial charge in [0.1, 0.15) is 0 Å². The molecule has 0 aromatic heterocycles. The minimum Gasteiger partial charge on any atom is -0.493 e. The van der Waals surface area contributed by atoms with Crippen molar-refractivity contribution in [2.75, 3.05) is 26.6 Å². The number of carbonyl (C=O) groups excluding carboxylic acids is 2. The molecule has 1 aromatic carbocycles. The molecule has 0 unspecified atom stereocenters. The number of anilines is 1. The van der Waals surface area contributed by atoms with Crippen molar-refractivity contribution in [1.29, 1.82) is 0 Å². The van der Waals surface area contributed by atoms with Crippen molar-refractivity contribution in [3.63, 3.8) is 0 Å². The average molecular weight is 307 g/mol. The summed E-state index contributed by atoms with van der Waals surface area (Å²) in [7, 11) is 4.30.